The number of fused-ring (bicyclic) bond motifs is 1. The van der Waals surface area contributed by atoms with Crippen LogP contribution in [0.4, 0.5) is 21.0 Å². The number of urea groups is 1. The molecule has 29 heavy (non-hydrogen) atoms. The van der Waals surface area contributed by atoms with E-state index in [4.69, 9.17) is 9.15 Å². The van der Waals surface area contributed by atoms with Crippen molar-refractivity contribution < 1.29 is 18.7 Å². The Kier molecular flexibility index (Phi) is 6.39. The molecule has 1 heterocycles. The van der Waals surface area contributed by atoms with Gasteiger partial charge in [0.05, 0.1) is 12.6 Å². The van der Waals surface area contributed by atoms with E-state index in [1.165, 1.54) is 0 Å². The van der Waals surface area contributed by atoms with Crippen molar-refractivity contribution >= 4 is 34.5 Å². The number of amides is 3. The molecule has 0 aliphatic heterocycles. The number of carbonyl (C=O) groups is 2. The summed E-state index contributed by atoms with van der Waals surface area (Å²) in [6, 6.07) is 15.7. The van der Waals surface area contributed by atoms with Gasteiger partial charge in [0.15, 0.2) is 0 Å². The Morgan fingerprint density at radius 3 is 2.41 bits per heavy atom. The second kappa shape index (κ2) is 9.14. The zero-order valence-electron chi connectivity index (χ0n) is 16.7. The molecule has 3 amide bonds. The summed E-state index contributed by atoms with van der Waals surface area (Å²) < 4.78 is 10.9. The standard InChI is InChI=1S/C22H25N3O4/c1-14(2)13-28-22(27)25-18-9-6-8-17(12-18)24-21(26)23-15(3)20-11-16-7-4-5-10-19(16)29-20/h4-12,14-15H,13H2,1-3H3,(H,25,27)(H2,23,24,26). The monoisotopic (exact) mass is 395 g/mol. The number of ether oxygens (including phenoxy) is 1. The zero-order valence-corrected chi connectivity index (χ0v) is 16.7. The van der Waals surface area contributed by atoms with E-state index in [2.05, 4.69) is 16.0 Å². The lowest BCUT2D eigenvalue weighted by molar-refractivity contribution is 0.147. The molecule has 0 radical (unpaired) electrons. The molecule has 0 aliphatic carbocycles. The van der Waals surface area contributed by atoms with E-state index in [-0.39, 0.29) is 18.0 Å². The maximum Gasteiger partial charge on any atom is 0.411 e. The van der Waals surface area contributed by atoms with Crippen LogP contribution in [0, 0.1) is 5.92 Å². The minimum Gasteiger partial charge on any atom is -0.459 e. The number of nitrogens with one attached hydrogen (secondary N) is 3. The Morgan fingerprint density at radius 2 is 1.69 bits per heavy atom. The van der Waals surface area contributed by atoms with E-state index in [9.17, 15) is 9.59 Å². The number of benzene rings is 2. The number of anilines is 2. The van der Waals surface area contributed by atoms with Crippen molar-refractivity contribution in [2.24, 2.45) is 5.92 Å². The third-order valence-corrected chi connectivity index (χ3v) is 4.13. The number of para-hydroxylation sites is 1. The smallest absolute Gasteiger partial charge is 0.411 e. The van der Waals surface area contributed by atoms with Crippen molar-refractivity contribution in [2.45, 2.75) is 26.8 Å². The Labute approximate surface area is 169 Å². The third-order valence-electron chi connectivity index (χ3n) is 4.13. The lowest BCUT2D eigenvalue weighted by atomic mass is 10.2. The molecular formula is C22H25N3O4. The van der Waals surface area contributed by atoms with Crippen LogP contribution in [-0.2, 0) is 4.74 Å². The van der Waals surface area contributed by atoms with E-state index in [0.29, 0.717) is 23.7 Å². The molecule has 1 atom stereocenters. The molecule has 1 aromatic heterocycles. The Morgan fingerprint density at radius 1 is 0.966 bits per heavy atom. The molecule has 7 nitrogen and oxygen atoms in total. The van der Waals surface area contributed by atoms with Crippen LogP contribution in [-0.4, -0.2) is 18.7 Å². The molecule has 3 N–H and O–H groups in total. The van der Waals surface area contributed by atoms with E-state index >= 15 is 0 Å². The van der Waals surface area contributed by atoms with Crippen molar-refractivity contribution in [1.29, 1.82) is 0 Å². The summed E-state index contributed by atoms with van der Waals surface area (Å²) in [4.78, 5) is 24.1. The van der Waals surface area contributed by atoms with Gasteiger partial charge in [0.25, 0.3) is 0 Å². The average molecular weight is 395 g/mol. The van der Waals surface area contributed by atoms with Crippen LogP contribution in [0.15, 0.2) is 59.0 Å². The van der Waals surface area contributed by atoms with Gasteiger partial charge in [-0.05, 0) is 43.2 Å². The summed E-state index contributed by atoms with van der Waals surface area (Å²) in [6.07, 6.45) is -0.529. The van der Waals surface area contributed by atoms with Crippen LogP contribution in [0.3, 0.4) is 0 Å². The summed E-state index contributed by atoms with van der Waals surface area (Å²) in [6.45, 7) is 6.11. The molecule has 3 rings (SSSR count). The number of hydrogen-bond acceptors (Lipinski definition) is 4. The van der Waals surface area contributed by atoms with E-state index in [1.807, 2.05) is 51.1 Å². The predicted octanol–water partition coefficient (Wildman–Crippen LogP) is 5.52. The highest BCUT2D eigenvalue weighted by Crippen LogP contribution is 2.23. The minimum atomic E-state index is -0.529. The van der Waals surface area contributed by atoms with Gasteiger partial charge < -0.3 is 19.8 Å². The number of furan rings is 1. The third kappa shape index (κ3) is 5.75. The highest BCUT2D eigenvalue weighted by molar-refractivity contribution is 5.91. The second-order valence-corrected chi connectivity index (χ2v) is 7.20. The highest BCUT2D eigenvalue weighted by atomic mass is 16.5. The quantitative estimate of drug-likeness (QED) is 0.512. The van der Waals surface area contributed by atoms with E-state index in [0.717, 1.165) is 11.0 Å². The van der Waals surface area contributed by atoms with Gasteiger partial charge in [-0.1, -0.05) is 38.1 Å². The number of carbonyl (C=O) groups excluding carboxylic acids is 2. The van der Waals surface area contributed by atoms with Crippen LogP contribution in [0.1, 0.15) is 32.6 Å². The molecule has 0 spiro atoms. The maximum absolute atomic E-state index is 12.3. The molecule has 0 saturated heterocycles. The second-order valence-electron chi connectivity index (χ2n) is 7.20. The Hall–Kier alpha value is -3.48. The van der Waals surface area contributed by atoms with E-state index in [1.54, 1.807) is 24.3 Å². The fourth-order valence-corrected chi connectivity index (χ4v) is 2.72. The number of hydrogen-bond donors (Lipinski definition) is 3. The van der Waals surface area contributed by atoms with Gasteiger partial charge in [0, 0.05) is 16.8 Å². The van der Waals surface area contributed by atoms with E-state index < -0.39 is 6.09 Å². The van der Waals surface area contributed by atoms with Crippen molar-refractivity contribution in [3.63, 3.8) is 0 Å². The summed E-state index contributed by atoms with van der Waals surface area (Å²) in [5, 5.41) is 9.23. The zero-order chi connectivity index (χ0) is 20.8. The lowest BCUT2D eigenvalue weighted by Gasteiger charge is -2.13. The topological polar surface area (TPSA) is 92.6 Å². The fourth-order valence-electron chi connectivity index (χ4n) is 2.72. The molecule has 1 unspecified atom stereocenters. The van der Waals surface area contributed by atoms with Gasteiger partial charge in [-0.3, -0.25) is 5.32 Å². The van der Waals surface area contributed by atoms with Gasteiger partial charge >= 0.3 is 12.1 Å². The largest absolute Gasteiger partial charge is 0.459 e. The lowest BCUT2D eigenvalue weighted by Crippen LogP contribution is -2.31. The van der Waals surface area contributed by atoms with Gasteiger partial charge in [0.1, 0.15) is 11.3 Å². The van der Waals surface area contributed by atoms with Crippen molar-refractivity contribution in [3.8, 4) is 0 Å². The fraction of sp³-hybridized carbons (Fsp3) is 0.273. The summed E-state index contributed by atoms with van der Waals surface area (Å²) >= 11 is 0. The Bertz CT molecular complexity index is 963. The van der Waals surface area contributed by atoms with Gasteiger partial charge in [0.2, 0.25) is 0 Å². The molecule has 2 aromatic carbocycles. The molecule has 3 aromatic rings. The first kappa shape index (κ1) is 20.3. The highest BCUT2D eigenvalue weighted by Gasteiger charge is 2.14. The average Bonchev–Trinajstić information content (AvgIpc) is 3.11. The molecule has 0 aliphatic rings. The first-order chi connectivity index (χ1) is 13.9. The summed E-state index contributed by atoms with van der Waals surface area (Å²) in [5.74, 6) is 0.927. The first-order valence-corrected chi connectivity index (χ1v) is 9.50. The van der Waals surface area contributed by atoms with Gasteiger partial charge in [-0.25, -0.2) is 9.59 Å². The summed E-state index contributed by atoms with van der Waals surface area (Å²) in [5.41, 5.74) is 1.85. The molecule has 152 valence electrons. The maximum atomic E-state index is 12.3. The van der Waals surface area contributed by atoms with Crippen LogP contribution in [0.25, 0.3) is 11.0 Å². The van der Waals surface area contributed by atoms with Crippen molar-refractivity contribution in [2.75, 3.05) is 17.2 Å². The predicted molar refractivity (Wildman–Crippen MR) is 113 cm³/mol. The molecule has 0 saturated carbocycles. The number of rotatable bonds is 6. The molecule has 0 fully saturated rings. The molecule has 0 bridgehead atoms. The normalized spacial score (nSPS) is 11.9. The minimum absolute atomic E-state index is 0.256. The molecular weight excluding hydrogens is 370 g/mol. The first-order valence-electron chi connectivity index (χ1n) is 9.50. The van der Waals surface area contributed by atoms with Gasteiger partial charge in [-0.15, -0.1) is 0 Å². The SMILES string of the molecule is CC(C)COC(=O)Nc1cccc(NC(=O)NC(C)c2cc3ccccc3o2)c1. The Balaban J connectivity index is 1.56. The van der Waals surface area contributed by atoms with Crippen molar-refractivity contribution in [3.05, 3.63) is 60.4 Å². The summed E-state index contributed by atoms with van der Waals surface area (Å²) in [7, 11) is 0. The van der Waals surface area contributed by atoms with Gasteiger partial charge in [-0.2, -0.15) is 0 Å². The molecule has 7 heteroatoms. The van der Waals surface area contributed by atoms with Crippen LogP contribution >= 0.6 is 0 Å². The van der Waals surface area contributed by atoms with Crippen LogP contribution in [0.5, 0.6) is 0 Å². The van der Waals surface area contributed by atoms with Crippen LogP contribution in [0.2, 0.25) is 0 Å². The van der Waals surface area contributed by atoms with Crippen LogP contribution < -0.4 is 16.0 Å². The van der Waals surface area contributed by atoms with Crippen molar-refractivity contribution in [1.82, 2.24) is 5.32 Å².